The van der Waals surface area contributed by atoms with Gasteiger partial charge in [-0.2, -0.15) is 0 Å². The SMILES string of the molecule is NCC1(NC(=O)c2cccc3ncccc23)CCCCC1. The summed E-state index contributed by atoms with van der Waals surface area (Å²) >= 11 is 0. The number of benzene rings is 1. The van der Waals surface area contributed by atoms with Crippen molar-refractivity contribution in [1.29, 1.82) is 0 Å². The number of nitrogens with two attached hydrogens (primary N) is 1. The molecule has 1 aliphatic carbocycles. The predicted molar refractivity (Wildman–Crippen MR) is 84.1 cm³/mol. The van der Waals surface area contributed by atoms with E-state index in [1.165, 1.54) is 6.42 Å². The quantitative estimate of drug-likeness (QED) is 0.910. The number of hydrogen-bond acceptors (Lipinski definition) is 3. The normalized spacial score (nSPS) is 17.6. The van der Waals surface area contributed by atoms with Gasteiger partial charge in [-0.1, -0.05) is 31.4 Å². The first-order valence-corrected chi connectivity index (χ1v) is 7.60. The minimum Gasteiger partial charge on any atom is -0.345 e. The van der Waals surface area contributed by atoms with Crippen LogP contribution in [0.3, 0.4) is 0 Å². The molecular formula is C17H21N3O. The second-order valence-electron chi connectivity index (χ2n) is 5.87. The topological polar surface area (TPSA) is 68.0 Å². The molecule has 3 N–H and O–H groups in total. The molecule has 1 amide bonds. The Kier molecular flexibility index (Phi) is 3.88. The molecular weight excluding hydrogens is 262 g/mol. The molecule has 0 atom stereocenters. The zero-order valence-electron chi connectivity index (χ0n) is 12.1. The maximum Gasteiger partial charge on any atom is 0.252 e. The Labute approximate surface area is 124 Å². The molecule has 0 radical (unpaired) electrons. The van der Waals surface area contributed by atoms with Crippen LogP contribution >= 0.6 is 0 Å². The van der Waals surface area contributed by atoms with Gasteiger partial charge in [-0.15, -0.1) is 0 Å². The van der Waals surface area contributed by atoms with Crippen LogP contribution < -0.4 is 11.1 Å². The average Bonchev–Trinajstić information content (AvgIpc) is 2.55. The number of carbonyl (C=O) groups excluding carboxylic acids is 1. The Morgan fingerprint density at radius 2 is 2.00 bits per heavy atom. The molecule has 2 aromatic rings. The summed E-state index contributed by atoms with van der Waals surface area (Å²) in [7, 11) is 0. The van der Waals surface area contributed by atoms with E-state index >= 15 is 0 Å². The number of nitrogens with one attached hydrogen (secondary N) is 1. The third-order valence-electron chi connectivity index (χ3n) is 4.47. The Morgan fingerprint density at radius 1 is 1.19 bits per heavy atom. The van der Waals surface area contributed by atoms with Crippen LogP contribution in [0.2, 0.25) is 0 Å². The fraction of sp³-hybridized carbons (Fsp3) is 0.412. The van der Waals surface area contributed by atoms with Crippen LogP contribution in [0.5, 0.6) is 0 Å². The summed E-state index contributed by atoms with van der Waals surface area (Å²) in [6.45, 7) is 0.502. The third kappa shape index (κ3) is 2.76. The van der Waals surface area contributed by atoms with Crippen molar-refractivity contribution in [1.82, 2.24) is 10.3 Å². The van der Waals surface area contributed by atoms with Crippen LogP contribution in [0.1, 0.15) is 42.5 Å². The number of aromatic nitrogens is 1. The summed E-state index contributed by atoms with van der Waals surface area (Å²) in [5, 5.41) is 4.09. The van der Waals surface area contributed by atoms with Gasteiger partial charge < -0.3 is 11.1 Å². The van der Waals surface area contributed by atoms with Crippen LogP contribution in [0, 0.1) is 0 Å². The van der Waals surface area contributed by atoms with Gasteiger partial charge in [0.15, 0.2) is 0 Å². The first-order chi connectivity index (χ1) is 10.2. The van der Waals surface area contributed by atoms with Crippen molar-refractivity contribution in [2.75, 3.05) is 6.54 Å². The van der Waals surface area contributed by atoms with Crippen molar-refractivity contribution in [3.63, 3.8) is 0 Å². The Hall–Kier alpha value is -1.94. The highest BCUT2D eigenvalue weighted by Gasteiger charge is 2.32. The number of amides is 1. The molecule has 1 saturated carbocycles. The lowest BCUT2D eigenvalue weighted by atomic mass is 9.81. The maximum absolute atomic E-state index is 12.7. The summed E-state index contributed by atoms with van der Waals surface area (Å²) in [4.78, 5) is 17.0. The van der Waals surface area contributed by atoms with Gasteiger partial charge in [0.05, 0.1) is 11.1 Å². The molecule has 21 heavy (non-hydrogen) atoms. The van der Waals surface area contributed by atoms with Crippen LogP contribution in [0.15, 0.2) is 36.5 Å². The zero-order chi connectivity index (χ0) is 14.7. The van der Waals surface area contributed by atoms with E-state index < -0.39 is 0 Å². The number of pyridine rings is 1. The van der Waals surface area contributed by atoms with E-state index in [9.17, 15) is 4.79 Å². The first kappa shape index (κ1) is 14.0. The van der Waals surface area contributed by atoms with E-state index in [-0.39, 0.29) is 11.4 Å². The summed E-state index contributed by atoms with van der Waals surface area (Å²) in [6.07, 6.45) is 7.18. The van der Waals surface area contributed by atoms with E-state index in [0.29, 0.717) is 12.1 Å². The lowest BCUT2D eigenvalue weighted by molar-refractivity contribution is 0.0876. The molecule has 0 saturated heterocycles. The van der Waals surface area contributed by atoms with Crippen LogP contribution in [-0.4, -0.2) is 23.0 Å². The number of carbonyl (C=O) groups is 1. The van der Waals surface area contributed by atoms with E-state index in [4.69, 9.17) is 5.73 Å². The molecule has 4 nitrogen and oxygen atoms in total. The summed E-state index contributed by atoms with van der Waals surface area (Å²) < 4.78 is 0. The van der Waals surface area contributed by atoms with Crippen LogP contribution in [-0.2, 0) is 0 Å². The summed E-state index contributed by atoms with van der Waals surface area (Å²) in [5.41, 5.74) is 7.24. The Morgan fingerprint density at radius 3 is 2.76 bits per heavy atom. The van der Waals surface area contributed by atoms with Gasteiger partial charge in [0.2, 0.25) is 0 Å². The highest BCUT2D eigenvalue weighted by molar-refractivity contribution is 6.06. The van der Waals surface area contributed by atoms with Crippen LogP contribution in [0.4, 0.5) is 0 Å². The van der Waals surface area contributed by atoms with Gasteiger partial charge >= 0.3 is 0 Å². The smallest absolute Gasteiger partial charge is 0.252 e. The van der Waals surface area contributed by atoms with E-state index in [2.05, 4.69) is 10.3 Å². The summed E-state index contributed by atoms with van der Waals surface area (Å²) in [5.74, 6) is -0.0408. The molecule has 1 aromatic heterocycles. The molecule has 1 fully saturated rings. The number of nitrogens with zero attached hydrogens (tertiary/aromatic N) is 1. The zero-order valence-corrected chi connectivity index (χ0v) is 12.1. The largest absolute Gasteiger partial charge is 0.345 e. The molecule has 0 unspecified atom stereocenters. The van der Waals surface area contributed by atoms with Crippen molar-refractivity contribution in [3.05, 3.63) is 42.1 Å². The van der Waals surface area contributed by atoms with E-state index in [0.717, 1.165) is 36.6 Å². The van der Waals surface area contributed by atoms with Gasteiger partial charge in [-0.3, -0.25) is 9.78 Å². The van der Waals surface area contributed by atoms with Crippen LogP contribution in [0.25, 0.3) is 10.9 Å². The number of hydrogen-bond donors (Lipinski definition) is 2. The fourth-order valence-electron chi connectivity index (χ4n) is 3.22. The number of rotatable bonds is 3. The van der Waals surface area contributed by atoms with Gasteiger partial charge in [0.1, 0.15) is 0 Å². The van der Waals surface area contributed by atoms with E-state index in [1.807, 2.05) is 30.3 Å². The predicted octanol–water partition coefficient (Wildman–Crippen LogP) is 2.63. The van der Waals surface area contributed by atoms with Gasteiger partial charge in [0.25, 0.3) is 5.91 Å². The molecule has 1 heterocycles. The molecule has 0 bridgehead atoms. The Bertz CT molecular complexity index is 642. The maximum atomic E-state index is 12.7. The van der Waals surface area contributed by atoms with Gasteiger partial charge in [-0.25, -0.2) is 0 Å². The Balaban J connectivity index is 1.90. The van der Waals surface area contributed by atoms with Crippen molar-refractivity contribution in [2.24, 2.45) is 5.73 Å². The molecule has 0 spiro atoms. The first-order valence-electron chi connectivity index (χ1n) is 7.60. The molecule has 1 aliphatic rings. The highest BCUT2D eigenvalue weighted by Crippen LogP contribution is 2.28. The fourth-order valence-corrected chi connectivity index (χ4v) is 3.22. The van der Waals surface area contributed by atoms with Crippen molar-refractivity contribution in [3.8, 4) is 0 Å². The summed E-state index contributed by atoms with van der Waals surface area (Å²) in [6, 6.07) is 9.45. The lowest BCUT2D eigenvalue weighted by Gasteiger charge is -2.37. The van der Waals surface area contributed by atoms with Crippen molar-refractivity contribution >= 4 is 16.8 Å². The standard InChI is InChI=1S/C17H21N3O/c18-12-17(9-2-1-3-10-17)20-16(21)14-6-4-8-15-13(14)7-5-11-19-15/h4-8,11H,1-3,9-10,12,18H2,(H,20,21). The van der Waals surface area contributed by atoms with Gasteiger partial charge in [-0.05, 0) is 31.0 Å². The minimum atomic E-state index is -0.236. The monoisotopic (exact) mass is 283 g/mol. The van der Waals surface area contributed by atoms with Crippen molar-refractivity contribution in [2.45, 2.75) is 37.6 Å². The van der Waals surface area contributed by atoms with E-state index in [1.54, 1.807) is 6.20 Å². The second-order valence-corrected chi connectivity index (χ2v) is 5.87. The highest BCUT2D eigenvalue weighted by atomic mass is 16.1. The molecule has 1 aromatic carbocycles. The minimum absolute atomic E-state index is 0.0408. The third-order valence-corrected chi connectivity index (χ3v) is 4.47. The molecule has 110 valence electrons. The number of fused-ring (bicyclic) bond motifs is 1. The van der Waals surface area contributed by atoms with Gasteiger partial charge in [0, 0.05) is 23.7 Å². The molecule has 3 rings (SSSR count). The second kappa shape index (κ2) is 5.82. The molecule has 0 aliphatic heterocycles. The average molecular weight is 283 g/mol. The molecule has 4 heteroatoms. The lowest BCUT2D eigenvalue weighted by Crippen LogP contribution is -2.54. The van der Waals surface area contributed by atoms with Crippen molar-refractivity contribution < 1.29 is 4.79 Å².